The summed E-state index contributed by atoms with van der Waals surface area (Å²) in [7, 11) is -3.57. The van der Waals surface area contributed by atoms with Crippen molar-refractivity contribution in [2.75, 3.05) is 11.5 Å². The summed E-state index contributed by atoms with van der Waals surface area (Å²) in [5, 5.41) is 19.0. The molecule has 0 saturated carbocycles. The molecule has 5 N–H and O–H groups in total. The molecule has 0 bridgehead atoms. The molecule has 2 unspecified atom stereocenters. The van der Waals surface area contributed by atoms with Crippen LogP contribution in [0.5, 0.6) is 0 Å². The fourth-order valence-corrected chi connectivity index (χ4v) is 3.85. The first-order valence-corrected chi connectivity index (χ1v) is 10.1. The van der Waals surface area contributed by atoms with Gasteiger partial charge < -0.3 is 15.9 Å². The van der Waals surface area contributed by atoms with Crippen LogP contribution in [0.25, 0.3) is 5.57 Å². The molecule has 156 valence electrons. The lowest BCUT2D eigenvalue weighted by molar-refractivity contribution is -0.267. The van der Waals surface area contributed by atoms with Crippen LogP contribution in [0.2, 0.25) is 0 Å². The number of carboxylic acid groups (broad SMARTS) is 1. The quantitative estimate of drug-likeness (QED) is 0.433. The van der Waals surface area contributed by atoms with E-state index in [1.165, 1.54) is 18.2 Å². The maximum atomic E-state index is 13.6. The third-order valence-corrected chi connectivity index (χ3v) is 6.08. The number of alkyl halides is 3. The van der Waals surface area contributed by atoms with Crippen molar-refractivity contribution in [3.63, 3.8) is 0 Å². The predicted molar refractivity (Wildman–Crippen MR) is 101 cm³/mol. The summed E-state index contributed by atoms with van der Waals surface area (Å²) < 4.78 is 60.6. The Bertz CT molecular complexity index is 835. The Balaban J connectivity index is 3.04. The summed E-state index contributed by atoms with van der Waals surface area (Å²) in [6.07, 6.45) is -4.97. The van der Waals surface area contributed by atoms with Gasteiger partial charge in [0.25, 0.3) is 0 Å². The number of aliphatic hydroxyl groups is 1. The van der Waals surface area contributed by atoms with Crippen LogP contribution in [0.4, 0.5) is 13.2 Å². The largest absolute Gasteiger partial charge is 0.480 e. The molecule has 1 rings (SSSR count). The molecule has 0 aliphatic rings. The van der Waals surface area contributed by atoms with Crippen molar-refractivity contribution in [2.24, 2.45) is 5.73 Å². The second-order valence-corrected chi connectivity index (χ2v) is 8.81. The normalized spacial score (nSPS) is 17.2. The molecular weight excluding hydrogens is 397 g/mol. The molecule has 0 aliphatic carbocycles. The van der Waals surface area contributed by atoms with Crippen LogP contribution < -0.4 is 5.73 Å². The molecule has 0 radical (unpaired) electrons. The Morgan fingerprint density at radius 1 is 1.29 bits per heavy atom. The zero-order valence-electron chi connectivity index (χ0n) is 15.0. The van der Waals surface area contributed by atoms with Gasteiger partial charge in [0.1, 0.15) is 6.04 Å². The molecule has 1 aromatic rings. The zero-order valence-corrected chi connectivity index (χ0v) is 15.9. The van der Waals surface area contributed by atoms with E-state index >= 15 is 0 Å². The van der Waals surface area contributed by atoms with Crippen molar-refractivity contribution in [2.45, 2.75) is 30.7 Å². The molecule has 3 atom stereocenters. The number of carbonyl (C=O) groups is 1. The lowest BCUT2D eigenvalue weighted by atomic mass is 9.89. The maximum absolute atomic E-state index is 13.6. The van der Waals surface area contributed by atoms with Crippen LogP contribution in [0, 0.1) is 4.78 Å². The van der Waals surface area contributed by atoms with Crippen LogP contribution in [0.1, 0.15) is 24.0 Å². The van der Waals surface area contributed by atoms with E-state index in [1.807, 2.05) is 0 Å². The second-order valence-electron chi connectivity index (χ2n) is 6.37. The number of nitrogens with one attached hydrogen (secondary N) is 1. The molecule has 0 aliphatic heterocycles. The summed E-state index contributed by atoms with van der Waals surface area (Å²) in [4.78, 5) is 10.7. The van der Waals surface area contributed by atoms with E-state index in [1.54, 1.807) is 0 Å². The molecule has 10 heteroatoms. The number of hydrogen-bond donors (Lipinski definition) is 4. The smallest absolute Gasteiger partial charge is 0.421 e. The molecule has 0 amide bonds. The van der Waals surface area contributed by atoms with E-state index in [2.05, 4.69) is 13.2 Å². The standard InChI is InChI=1S/C18H23F3N2O4S/c1-3-12(2)13-4-6-14(7-5-13)17(26,18(19,20)21)9-11-28(23,27)10-8-15(22)16(24)25/h3-7,15,23,26H,1-2,8-11,22H2,(H,24,25)/t15-,17?,28?/m0/s1. The summed E-state index contributed by atoms with van der Waals surface area (Å²) in [5.41, 5.74) is 2.51. The van der Waals surface area contributed by atoms with Gasteiger partial charge >= 0.3 is 12.1 Å². The van der Waals surface area contributed by atoms with Gasteiger partial charge in [-0.25, -0.2) is 4.21 Å². The third kappa shape index (κ3) is 5.91. The van der Waals surface area contributed by atoms with Gasteiger partial charge in [-0.1, -0.05) is 43.5 Å². The topological polar surface area (TPSA) is 124 Å². The van der Waals surface area contributed by atoms with Gasteiger partial charge in [0, 0.05) is 27.7 Å². The monoisotopic (exact) mass is 420 g/mol. The van der Waals surface area contributed by atoms with E-state index in [-0.39, 0.29) is 6.42 Å². The Labute approximate surface area is 161 Å². The summed E-state index contributed by atoms with van der Waals surface area (Å²) in [5.74, 6) is -2.61. The van der Waals surface area contributed by atoms with Crippen molar-refractivity contribution >= 4 is 21.3 Å². The van der Waals surface area contributed by atoms with Crippen LogP contribution in [0.3, 0.4) is 0 Å². The van der Waals surface area contributed by atoms with Crippen molar-refractivity contribution in [1.82, 2.24) is 0 Å². The Kier molecular flexibility index (Phi) is 7.58. The van der Waals surface area contributed by atoms with Gasteiger partial charge in [-0.15, -0.1) is 0 Å². The highest BCUT2D eigenvalue weighted by molar-refractivity contribution is 7.92. The number of aliphatic carboxylic acids is 1. The van der Waals surface area contributed by atoms with Crippen molar-refractivity contribution in [3.05, 3.63) is 54.6 Å². The molecule has 0 heterocycles. The maximum Gasteiger partial charge on any atom is 0.421 e. The Hall–Kier alpha value is -2.17. The highest BCUT2D eigenvalue weighted by Crippen LogP contribution is 2.42. The third-order valence-electron chi connectivity index (χ3n) is 4.32. The summed E-state index contributed by atoms with van der Waals surface area (Å²) in [6, 6.07) is 3.51. The van der Waals surface area contributed by atoms with Crippen LogP contribution in [0.15, 0.2) is 43.5 Å². The Morgan fingerprint density at radius 2 is 1.82 bits per heavy atom. The van der Waals surface area contributed by atoms with Gasteiger partial charge in [-0.2, -0.15) is 13.2 Å². The van der Waals surface area contributed by atoms with Gasteiger partial charge in [0.2, 0.25) is 0 Å². The van der Waals surface area contributed by atoms with Gasteiger partial charge in [0.05, 0.1) is 0 Å². The van der Waals surface area contributed by atoms with Crippen molar-refractivity contribution in [3.8, 4) is 0 Å². The predicted octanol–water partition coefficient (Wildman–Crippen LogP) is 2.87. The Morgan fingerprint density at radius 3 is 2.25 bits per heavy atom. The fourth-order valence-electron chi connectivity index (χ4n) is 2.38. The number of nitrogens with two attached hydrogens (primary N) is 1. The molecule has 6 nitrogen and oxygen atoms in total. The number of hydrogen-bond acceptors (Lipinski definition) is 5. The second kappa shape index (κ2) is 8.89. The van der Waals surface area contributed by atoms with Crippen LogP contribution >= 0.6 is 0 Å². The van der Waals surface area contributed by atoms with E-state index in [9.17, 15) is 27.3 Å². The zero-order chi connectivity index (χ0) is 21.8. The molecule has 0 fully saturated rings. The molecule has 0 spiro atoms. The fraction of sp³-hybridized carbons (Fsp3) is 0.389. The van der Waals surface area contributed by atoms with E-state index in [0.717, 1.165) is 12.1 Å². The first-order valence-electron chi connectivity index (χ1n) is 8.17. The van der Waals surface area contributed by atoms with Crippen LogP contribution in [-0.2, 0) is 20.1 Å². The first-order chi connectivity index (χ1) is 12.7. The highest BCUT2D eigenvalue weighted by atomic mass is 32.2. The molecule has 0 aromatic heterocycles. The number of halogens is 3. The van der Waals surface area contributed by atoms with Crippen molar-refractivity contribution in [1.29, 1.82) is 4.78 Å². The molecule has 28 heavy (non-hydrogen) atoms. The highest BCUT2D eigenvalue weighted by Gasteiger charge is 2.54. The lowest BCUT2D eigenvalue weighted by Gasteiger charge is -2.31. The molecule has 0 saturated heterocycles. The number of rotatable bonds is 10. The summed E-state index contributed by atoms with van der Waals surface area (Å²) >= 11 is 0. The first kappa shape index (κ1) is 23.9. The molecular formula is C18H23F3N2O4S. The van der Waals surface area contributed by atoms with Gasteiger partial charge in [-0.3, -0.25) is 9.57 Å². The number of benzene rings is 1. The minimum Gasteiger partial charge on any atom is -0.480 e. The lowest BCUT2D eigenvalue weighted by Crippen LogP contribution is -2.44. The number of carboxylic acids is 1. The minimum absolute atomic E-state index is 0.319. The van der Waals surface area contributed by atoms with Crippen molar-refractivity contribution < 1.29 is 32.4 Å². The van der Waals surface area contributed by atoms with E-state index in [4.69, 9.17) is 15.6 Å². The average Bonchev–Trinajstić information content (AvgIpc) is 2.62. The SMILES string of the molecule is C=CC(=C)c1ccc(C(O)(CCS(=N)(=O)CC[C@H](N)C(=O)O)C(F)(F)F)cc1. The molecule has 1 aromatic carbocycles. The summed E-state index contributed by atoms with van der Waals surface area (Å²) in [6.45, 7) is 7.20. The van der Waals surface area contributed by atoms with Gasteiger partial charge in [-0.05, 0) is 23.1 Å². The average molecular weight is 420 g/mol. The number of allylic oxidation sites excluding steroid dienone is 2. The van der Waals surface area contributed by atoms with Gasteiger partial charge in [0.15, 0.2) is 5.60 Å². The minimum atomic E-state index is -5.07. The van der Waals surface area contributed by atoms with E-state index in [0.29, 0.717) is 11.1 Å². The van der Waals surface area contributed by atoms with Crippen LogP contribution in [-0.4, -0.2) is 44.1 Å². The van der Waals surface area contributed by atoms with E-state index < -0.39 is 57.0 Å².